The van der Waals surface area contributed by atoms with Crippen LogP contribution in [0.5, 0.6) is 0 Å². The molecule has 6 nitrogen and oxygen atoms in total. The fraction of sp³-hybridized carbons (Fsp3) is 0.364. The van der Waals surface area contributed by atoms with E-state index in [-0.39, 0.29) is 6.03 Å². The Morgan fingerprint density at radius 2 is 1.93 bits per heavy atom. The average Bonchev–Trinajstić information content (AvgIpc) is 3.09. The summed E-state index contributed by atoms with van der Waals surface area (Å²) >= 11 is 0. The molecule has 4 rings (SSSR count). The summed E-state index contributed by atoms with van der Waals surface area (Å²) in [4.78, 5) is 18.9. The number of amides is 2. The highest BCUT2D eigenvalue weighted by Crippen LogP contribution is 2.27. The number of benzene rings is 2. The van der Waals surface area contributed by atoms with E-state index >= 15 is 0 Å². The maximum Gasteiger partial charge on any atom is 0.319 e. The molecule has 0 spiro atoms. The molecule has 1 aliphatic heterocycles. The Bertz CT molecular complexity index is 929. The van der Waals surface area contributed by atoms with Crippen molar-refractivity contribution in [3.8, 4) is 0 Å². The number of carbonyl (C=O) groups is 1. The fourth-order valence-corrected chi connectivity index (χ4v) is 3.93. The zero-order chi connectivity index (χ0) is 19.3. The molecule has 0 saturated carbocycles. The van der Waals surface area contributed by atoms with Crippen molar-refractivity contribution in [3.63, 3.8) is 0 Å². The number of fused-ring (bicyclic) bond motifs is 1. The van der Waals surface area contributed by atoms with Crippen LogP contribution < -0.4 is 10.6 Å². The first-order chi connectivity index (χ1) is 13.7. The highest BCUT2D eigenvalue weighted by Gasteiger charge is 2.20. The van der Waals surface area contributed by atoms with Gasteiger partial charge in [0.25, 0.3) is 0 Å². The first-order valence-corrected chi connectivity index (χ1v) is 9.92. The van der Waals surface area contributed by atoms with E-state index in [0.717, 1.165) is 36.4 Å². The highest BCUT2D eigenvalue weighted by atomic mass is 16.2. The number of hydrogen-bond donors (Lipinski definition) is 2. The molecule has 0 aliphatic carbocycles. The Morgan fingerprint density at radius 3 is 2.71 bits per heavy atom. The van der Waals surface area contributed by atoms with Crippen molar-refractivity contribution in [3.05, 3.63) is 60.4 Å². The smallest absolute Gasteiger partial charge is 0.319 e. The van der Waals surface area contributed by atoms with Gasteiger partial charge < -0.3 is 20.1 Å². The number of nitrogens with zero attached hydrogens (tertiary/aromatic N) is 3. The number of aromatic nitrogens is 2. The monoisotopic (exact) mass is 377 g/mol. The van der Waals surface area contributed by atoms with Gasteiger partial charge in [0.05, 0.1) is 17.4 Å². The van der Waals surface area contributed by atoms with Crippen LogP contribution in [0.2, 0.25) is 0 Å². The molecule has 0 unspecified atom stereocenters. The van der Waals surface area contributed by atoms with Gasteiger partial charge >= 0.3 is 6.03 Å². The predicted octanol–water partition coefficient (Wildman–Crippen LogP) is 3.57. The maximum atomic E-state index is 12.2. The largest absolute Gasteiger partial charge is 0.337 e. The second kappa shape index (κ2) is 8.44. The molecule has 0 radical (unpaired) electrons. The van der Waals surface area contributed by atoms with E-state index in [1.165, 1.54) is 18.4 Å². The highest BCUT2D eigenvalue weighted by molar-refractivity contribution is 5.91. The van der Waals surface area contributed by atoms with Crippen LogP contribution in [0.25, 0.3) is 11.0 Å². The van der Waals surface area contributed by atoms with Gasteiger partial charge in [-0.3, -0.25) is 0 Å². The maximum absolute atomic E-state index is 12.2. The van der Waals surface area contributed by atoms with Gasteiger partial charge in [-0.2, -0.15) is 0 Å². The Morgan fingerprint density at radius 1 is 1.14 bits per heavy atom. The molecule has 1 fully saturated rings. The summed E-state index contributed by atoms with van der Waals surface area (Å²) in [6, 6.07) is 16.4. The van der Waals surface area contributed by atoms with Crippen molar-refractivity contribution in [1.82, 2.24) is 19.8 Å². The van der Waals surface area contributed by atoms with Crippen molar-refractivity contribution in [2.24, 2.45) is 7.05 Å². The van der Waals surface area contributed by atoms with Crippen molar-refractivity contribution < 1.29 is 4.79 Å². The van der Waals surface area contributed by atoms with Gasteiger partial charge in [-0.25, -0.2) is 9.78 Å². The van der Waals surface area contributed by atoms with Crippen molar-refractivity contribution in [2.75, 3.05) is 31.5 Å². The summed E-state index contributed by atoms with van der Waals surface area (Å²) in [5.74, 6) is 0.662. The van der Waals surface area contributed by atoms with Gasteiger partial charge in [0.2, 0.25) is 0 Å². The standard InChI is InChI=1S/C22H27N5O/c1-26-16-24-20-15-19(7-8-21(20)26)25-22(28)23-11-14-27-12-9-18(10-13-27)17-5-3-2-4-6-17/h2-8,15-16,18H,9-14H2,1H3,(H2,23,25,28). The number of anilines is 1. The van der Waals surface area contributed by atoms with Crippen LogP contribution in [0.15, 0.2) is 54.9 Å². The Labute approximate surface area is 165 Å². The van der Waals surface area contributed by atoms with E-state index in [0.29, 0.717) is 12.5 Å². The van der Waals surface area contributed by atoms with Crippen LogP contribution in [0.1, 0.15) is 24.3 Å². The molecular weight excluding hydrogens is 350 g/mol. The fourth-order valence-electron chi connectivity index (χ4n) is 3.93. The Hall–Kier alpha value is -2.86. The van der Waals surface area contributed by atoms with Gasteiger partial charge in [0.15, 0.2) is 0 Å². The minimum absolute atomic E-state index is 0.172. The Balaban J connectivity index is 1.19. The lowest BCUT2D eigenvalue weighted by Gasteiger charge is -2.32. The lowest BCUT2D eigenvalue weighted by molar-refractivity contribution is 0.211. The van der Waals surface area contributed by atoms with Crippen molar-refractivity contribution in [2.45, 2.75) is 18.8 Å². The summed E-state index contributed by atoms with van der Waals surface area (Å²) in [5, 5.41) is 5.85. The summed E-state index contributed by atoms with van der Waals surface area (Å²) in [6.45, 7) is 3.69. The average molecular weight is 377 g/mol. The first kappa shape index (κ1) is 18.5. The molecule has 2 aromatic carbocycles. The van der Waals surface area contributed by atoms with Crippen LogP contribution in [-0.2, 0) is 7.05 Å². The topological polar surface area (TPSA) is 62.2 Å². The number of urea groups is 1. The van der Waals surface area contributed by atoms with Crippen LogP contribution >= 0.6 is 0 Å². The summed E-state index contributed by atoms with van der Waals surface area (Å²) in [6.07, 6.45) is 4.14. The third-order valence-electron chi connectivity index (χ3n) is 5.56. The number of rotatable bonds is 5. The van der Waals surface area contributed by atoms with E-state index in [4.69, 9.17) is 0 Å². The van der Waals surface area contributed by atoms with Crippen molar-refractivity contribution >= 4 is 22.8 Å². The molecule has 2 amide bonds. The van der Waals surface area contributed by atoms with Gasteiger partial charge in [-0.05, 0) is 55.6 Å². The predicted molar refractivity (Wildman–Crippen MR) is 113 cm³/mol. The number of nitrogens with one attached hydrogen (secondary N) is 2. The lowest BCUT2D eigenvalue weighted by Crippen LogP contribution is -2.40. The number of aryl methyl sites for hydroxylation is 1. The van der Waals surface area contributed by atoms with Crippen molar-refractivity contribution in [1.29, 1.82) is 0 Å². The molecule has 6 heteroatoms. The molecule has 2 heterocycles. The van der Waals surface area contributed by atoms with Gasteiger partial charge in [-0.15, -0.1) is 0 Å². The second-order valence-electron chi connectivity index (χ2n) is 7.47. The summed E-state index contributed by atoms with van der Waals surface area (Å²) in [7, 11) is 1.96. The number of imidazole rings is 1. The number of carbonyl (C=O) groups excluding carboxylic acids is 1. The van der Waals surface area contributed by atoms with Gasteiger partial charge in [0, 0.05) is 25.8 Å². The Kier molecular flexibility index (Phi) is 5.58. The quantitative estimate of drug-likeness (QED) is 0.714. The number of likely N-dealkylation sites (tertiary alicyclic amines) is 1. The molecule has 1 saturated heterocycles. The molecular formula is C22H27N5O. The van der Waals surface area contributed by atoms with E-state index in [1.807, 2.05) is 29.8 Å². The molecule has 1 aliphatic rings. The van der Waals surface area contributed by atoms with Crippen LogP contribution in [0, 0.1) is 0 Å². The lowest BCUT2D eigenvalue weighted by atomic mass is 9.89. The first-order valence-electron chi connectivity index (χ1n) is 9.92. The second-order valence-corrected chi connectivity index (χ2v) is 7.47. The summed E-state index contributed by atoms with van der Waals surface area (Å²) < 4.78 is 1.96. The molecule has 28 heavy (non-hydrogen) atoms. The molecule has 1 aromatic heterocycles. The van der Waals surface area contributed by atoms with E-state index < -0.39 is 0 Å². The minimum atomic E-state index is -0.172. The van der Waals surface area contributed by atoms with E-state index in [9.17, 15) is 4.79 Å². The molecule has 146 valence electrons. The summed E-state index contributed by atoms with van der Waals surface area (Å²) in [5.41, 5.74) is 4.13. The van der Waals surface area contributed by atoms with E-state index in [2.05, 4.69) is 50.8 Å². The third kappa shape index (κ3) is 4.34. The van der Waals surface area contributed by atoms with Gasteiger partial charge in [-0.1, -0.05) is 30.3 Å². The molecule has 3 aromatic rings. The molecule has 2 N–H and O–H groups in total. The number of piperidine rings is 1. The normalized spacial score (nSPS) is 15.6. The zero-order valence-electron chi connectivity index (χ0n) is 16.3. The number of hydrogen-bond acceptors (Lipinski definition) is 3. The minimum Gasteiger partial charge on any atom is -0.337 e. The van der Waals surface area contributed by atoms with Crippen LogP contribution in [0.4, 0.5) is 10.5 Å². The molecule has 0 atom stereocenters. The van der Waals surface area contributed by atoms with Crippen LogP contribution in [-0.4, -0.2) is 46.7 Å². The van der Waals surface area contributed by atoms with Crippen LogP contribution in [0.3, 0.4) is 0 Å². The van der Waals surface area contributed by atoms with E-state index in [1.54, 1.807) is 6.33 Å². The third-order valence-corrected chi connectivity index (χ3v) is 5.56. The zero-order valence-corrected chi connectivity index (χ0v) is 16.3. The SMILES string of the molecule is Cn1cnc2cc(NC(=O)NCCN3CCC(c4ccccc4)CC3)ccc21. The molecule has 0 bridgehead atoms. The van der Waals surface area contributed by atoms with Gasteiger partial charge in [0.1, 0.15) is 0 Å².